The second-order valence-corrected chi connectivity index (χ2v) is 11.0. The lowest BCUT2D eigenvalue weighted by atomic mass is 9.76. The van der Waals surface area contributed by atoms with Gasteiger partial charge in [0.25, 0.3) is 0 Å². The minimum absolute atomic E-state index is 0.142. The fourth-order valence-electron chi connectivity index (χ4n) is 5.77. The summed E-state index contributed by atoms with van der Waals surface area (Å²) in [5, 5.41) is 10.3. The molecular formula is C29H42O7. The van der Waals surface area contributed by atoms with E-state index in [-0.39, 0.29) is 42.8 Å². The first-order chi connectivity index (χ1) is 16.8. The van der Waals surface area contributed by atoms with Gasteiger partial charge in [0.15, 0.2) is 5.79 Å². The van der Waals surface area contributed by atoms with Gasteiger partial charge in [-0.2, -0.15) is 0 Å². The van der Waals surface area contributed by atoms with E-state index >= 15 is 0 Å². The highest BCUT2D eigenvalue weighted by Gasteiger charge is 2.53. The van der Waals surface area contributed by atoms with E-state index in [1.54, 1.807) is 0 Å². The van der Waals surface area contributed by atoms with Gasteiger partial charge in [0.1, 0.15) is 11.7 Å². The summed E-state index contributed by atoms with van der Waals surface area (Å²) in [6.07, 6.45) is 9.13. The predicted molar refractivity (Wildman–Crippen MR) is 137 cm³/mol. The molecule has 36 heavy (non-hydrogen) atoms. The van der Waals surface area contributed by atoms with E-state index in [4.69, 9.17) is 18.9 Å². The van der Waals surface area contributed by atoms with Gasteiger partial charge in [0.2, 0.25) is 0 Å². The summed E-state index contributed by atoms with van der Waals surface area (Å²) in [7, 11) is 0. The SMILES string of the molecule is C=C(C)CCC/C(C)=C/[C@H]1C[C@](C)(OC(C)=O)C[C@@]2(C=C(CO)[C@@H]3C[C@@H](OC(C)=O)C(C)=C[C@@H]3O2)O1. The van der Waals surface area contributed by atoms with Crippen molar-refractivity contribution in [1.82, 2.24) is 0 Å². The van der Waals surface area contributed by atoms with Crippen molar-refractivity contribution < 1.29 is 33.6 Å². The third-order valence-corrected chi connectivity index (χ3v) is 7.15. The predicted octanol–water partition coefficient (Wildman–Crippen LogP) is 5.09. The number of rotatable bonds is 8. The lowest BCUT2D eigenvalue weighted by molar-refractivity contribution is -0.298. The quantitative estimate of drug-likeness (QED) is 0.365. The van der Waals surface area contributed by atoms with Crippen LogP contribution in [0.4, 0.5) is 0 Å². The zero-order valence-corrected chi connectivity index (χ0v) is 22.6. The zero-order valence-electron chi connectivity index (χ0n) is 22.6. The molecule has 0 amide bonds. The number of fused-ring (bicyclic) bond motifs is 1. The van der Waals surface area contributed by atoms with Crippen molar-refractivity contribution in [2.24, 2.45) is 5.92 Å². The van der Waals surface area contributed by atoms with E-state index < -0.39 is 11.4 Å². The third kappa shape index (κ3) is 7.17. The smallest absolute Gasteiger partial charge is 0.303 e. The largest absolute Gasteiger partial charge is 0.459 e. The topological polar surface area (TPSA) is 91.3 Å². The van der Waals surface area contributed by atoms with Crippen LogP contribution >= 0.6 is 0 Å². The number of carbonyl (C=O) groups excluding carboxylic acids is 2. The molecule has 1 spiro atoms. The third-order valence-electron chi connectivity index (χ3n) is 7.15. The monoisotopic (exact) mass is 502 g/mol. The lowest BCUT2D eigenvalue weighted by Gasteiger charge is -2.51. The Morgan fingerprint density at radius 2 is 1.92 bits per heavy atom. The van der Waals surface area contributed by atoms with Crippen molar-refractivity contribution in [2.75, 3.05) is 6.61 Å². The van der Waals surface area contributed by atoms with Crippen LogP contribution in [-0.2, 0) is 28.5 Å². The molecule has 3 aliphatic rings. The van der Waals surface area contributed by atoms with E-state index in [1.807, 2.05) is 32.9 Å². The van der Waals surface area contributed by atoms with Crippen molar-refractivity contribution in [2.45, 2.75) is 110 Å². The van der Waals surface area contributed by atoms with Gasteiger partial charge in [-0.05, 0) is 70.6 Å². The van der Waals surface area contributed by atoms with Gasteiger partial charge in [0.05, 0.1) is 18.8 Å². The van der Waals surface area contributed by atoms with Crippen molar-refractivity contribution >= 4 is 11.9 Å². The first kappa shape index (κ1) is 28.4. The number of allylic oxidation sites excluding steroid dienone is 2. The van der Waals surface area contributed by atoms with Crippen molar-refractivity contribution in [1.29, 1.82) is 0 Å². The molecule has 3 rings (SSSR count). The summed E-state index contributed by atoms with van der Waals surface area (Å²) in [5.74, 6) is -1.99. The van der Waals surface area contributed by atoms with E-state index in [0.29, 0.717) is 19.3 Å². The maximum Gasteiger partial charge on any atom is 0.303 e. The van der Waals surface area contributed by atoms with Gasteiger partial charge < -0.3 is 24.1 Å². The average Bonchev–Trinajstić information content (AvgIpc) is 2.71. The molecule has 6 atom stereocenters. The van der Waals surface area contributed by atoms with Crippen LogP contribution in [0.15, 0.2) is 47.1 Å². The van der Waals surface area contributed by atoms with Crippen LogP contribution in [0.5, 0.6) is 0 Å². The molecule has 0 aromatic carbocycles. The maximum atomic E-state index is 12.0. The first-order valence-corrected chi connectivity index (χ1v) is 12.9. The number of carbonyl (C=O) groups is 2. The Balaban J connectivity index is 1.91. The summed E-state index contributed by atoms with van der Waals surface area (Å²) in [6, 6.07) is 0. The van der Waals surface area contributed by atoms with Gasteiger partial charge in [-0.1, -0.05) is 23.3 Å². The normalized spacial score (nSPS) is 34.4. The van der Waals surface area contributed by atoms with Crippen molar-refractivity contribution in [3.05, 3.63) is 47.1 Å². The van der Waals surface area contributed by atoms with Crippen LogP contribution < -0.4 is 0 Å². The van der Waals surface area contributed by atoms with Crippen molar-refractivity contribution in [3.8, 4) is 0 Å². The van der Waals surface area contributed by atoms with Crippen LogP contribution in [0.2, 0.25) is 0 Å². The summed E-state index contributed by atoms with van der Waals surface area (Å²) in [5.41, 5.74) is 3.24. The Labute approximate surface area is 215 Å². The number of aliphatic hydroxyl groups is 1. The van der Waals surface area contributed by atoms with Gasteiger partial charge >= 0.3 is 11.9 Å². The molecule has 1 N–H and O–H groups in total. The van der Waals surface area contributed by atoms with E-state index in [1.165, 1.54) is 19.4 Å². The molecule has 0 aromatic heterocycles. The minimum atomic E-state index is -1.16. The van der Waals surface area contributed by atoms with Gasteiger partial charge in [-0.25, -0.2) is 0 Å². The van der Waals surface area contributed by atoms with Crippen LogP contribution in [0, 0.1) is 5.92 Å². The molecule has 1 fully saturated rings. The summed E-state index contributed by atoms with van der Waals surface area (Å²) in [6.45, 7) is 14.6. The number of aliphatic hydroxyl groups excluding tert-OH is 1. The highest BCUT2D eigenvalue weighted by molar-refractivity contribution is 5.67. The first-order valence-electron chi connectivity index (χ1n) is 12.9. The fraction of sp³-hybridized carbons (Fsp3) is 0.655. The molecule has 0 saturated carbocycles. The molecule has 0 radical (unpaired) electrons. The standard InChI is InChI=1S/C29H42O7/c1-18(2)9-8-10-19(3)11-24-15-28(7,34-22(6)32)17-29(35-24)14-23(16-30)25-13-26(33-21(5)31)20(4)12-27(25)36-29/h11-12,14,24-27,30H,1,8-10,13,15-17H2,2-7H3/b19-11+/t24-,25-,26+,27-,28-,29-/m0/s1. The Hall–Kier alpha value is -2.22. The maximum absolute atomic E-state index is 12.0. The number of ether oxygens (including phenoxy) is 4. The number of hydrogen-bond acceptors (Lipinski definition) is 7. The van der Waals surface area contributed by atoms with E-state index in [2.05, 4.69) is 19.6 Å². The minimum Gasteiger partial charge on any atom is -0.459 e. The van der Waals surface area contributed by atoms with Crippen LogP contribution in [0.25, 0.3) is 0 Å². The van der Waals surface area contributed by atoms with E-state index in [0.717, 1.165) is 36.0 Å². The molecule has 1 aliphatic carbocycles. The Bertz CT molecular complexity index is 961. The Morgan fingerprint density at radius 3 is 2.53 bits per heavy atom. The highest BCUT2D eigenvalue weighted by atomic mass is 16.7. The van der Waals surface area contributed by atoms with Crippen LogP contribution in [-0.4, -0.2) is 53.4 Å². The van der Waals surface area contributed by atoms with Gasteiger partial charge in [0, 0.05) is 32.6 Å². The summed E-state index contributed by atoms with van der Waals surface area (Å²) in [4.78, 5) is 23.6. The van der Waals surface area contributed by atoms with Gasteiger partial charge in [-0.15, -0.1) is 6.58 Å². The van der Waals surface area contributed by atoms with Crippen molar-refractivity contribution in [3.63, 3.8) is 0 Å². The molecule has 200 valence electrons. The average molecular weight is 503 g/mol. The number of esters is 2. The number of hydrogen-bond donors (Lipinski definition) is 1. The van der Waals surface area contributed by atoms with E-state index in [9.17, 15) is 14.7 Å². The summed E-state index contributed by atoms with van der Waals surface area (Å²) < 4.78 is 24.5. The molecule has 7 nitrogen and oxygen atoms in total. The molecule has 0 aromatic rings. The van der Waals surface area contributed by atoms with Crippen LogP contribution in [0.1, 0.15) is 80.1 Å². The van der Waals surface area contributed by atoms with Crippen LogP contribution in [0.3, 0.4) is 0 Å². The molecule has 1 saturated heterocycles. The fourth-order valence-corrected chi connectivity index (χ4v) is 5.77. The molecular weight excluding hydrogens is 460 g/mol. The Morgan fingerprint density at radius 1 is 1.19 bits per heavy atom. The molecule has 0 bridgehead atoms. The molecule has 2 aliphatic heterocycles. The lowest BCUT2D eigenvalue weighted by Crippen LogP contribution is -2.57. The second-order valence-electron chi connectivity index (χ2n) is 11.0. The molecule has 2 heterocycles. The molecule has 0 unspecified atom stereocenters. The Kier molecular flexibility index (Phi) is 9.02. The molecule has 7 heteroatoms. The van der Waals surface area contributed by atoms with Gasteiger partial charge in [-0.3, -0.25) is 9.59 Å². The zero-order chi connectivity index (χ0) is 26.7. The second kappa shape index (κ2) is 11.4. The highest BCUT2D eigenvalue weighted by Crippen LogP contribution is 2.48. The summed E-state index contributed by atoms with van der Waals surface area (Å²) >= 11 is 0.